The maximum Gasteiger partial charge on any atom is 0.335 e. The molecule has 3 aromatic carbocycles. The molecule has 3 aromatic heterocycles. The molecule has 1 amide bonds. The smallest absolute Gasteiger partial charge is 0.335 e. The first-order chi connectivity index (χ1) is 19.4. The van der Waals surface area contributed by atoms with E-state index in [2.05, 4.69) is 15.5 Å². The molecule has 196 valence electrons. The summed E-state index contributed by atoms with van der Waals surface area (Å²) in [7, 11) is 0. The second-order valence-electron chi connectivity index (χ2n) is 9.37. The van der Waals surface area contributed by atoms with Crippen molar-refractivity contribution in [3.8, 4) is 11.3 Å². The second-order valence-corrected chi connectivity index (χ2v) is 9.37. The van der Waals surface area contributed by atoms with Gasteiger partial charge in [-0.05, 0) is 53.6 Å². The number of aromatic nitrogens is 3. The summed E-state index contributed by atoms with van der Waals surface area (Å²) in [4.78, 5) is 43.0. The fraction of sp³-hybridized carbons (Fsp3) is 0.0645. The number of ketones is 1. The number of pyridine rings is 1. The molecule has 2 N–H and O–H groups in total. The molecule has 0 saturated carbocycles. The first kappa shape index (κ1) is 24.7. The minimum atomic E-state index is -1.03. The van der Waals surface area contributed by atoms with E-state index in [0.29, 0.717) is 22.3 Å². The Morgan fingerprint density at radius 3 is 2.38 bits per heavy atom. The summed E-state index contributed by atoms with van der Waals surface area (Å²) in [6, 6.07) is 24.1. The number of imidazole rings is 1. The van der Waals surface area contributed by atoms with Gasteiger partial charge in [-0.3, -0.25) is 14.0 Å². The van der Waals surface area contributed by atoms with Gasteiger partial charge >= 0.3 is 5.97 Å². The van der Waals surface area contributed by atoms with Crippen LogP contribution in [0.4, 0.5) is 0 Å². The van der Waals surface area contributed by atoms with Gasteiger partial charge in [0.2, 0.25) is 5.78 Å². The van der Waals surface area contributed by atoms with E-state index in [1.54, 1.807) is 49.5 Å². The van der Waals surface area contributed by atoms with Crippen LogP contribution in [0, 0.1) is 0 Å². The lowest BCUT2D eigenvalue weighted by Crippen LogP contribution is -2.29. The Bertz CT molecular complexity index is 1910. The van der Waals surface area contributed by atoms with Crippen LogP contribution in [0.1, 0.15) is 55.6 Å². The molecular weight excluding hydrogens is 508 g/mol. The molecule has 0 fully saturated rings. The van der Waals surface area contributed by atoms with E-state index < -0.39 is 17.9 Å². The molecule has 9 heteroatoms. The van der Waals surface area contributed by atoms with E-state index in [4.69, 9.17) is 4.52 Å². The van der Waals surface area contributed by atoms with Crippen molar-refractivity contribution in [3.63, 3.8) is 0 Å². The monoisotopic (exact) mass is 530 g/mol. The van der Waals surface area contributed by atoms with Crippen molar-refractivity contribution in [1.29, 1.82) is 0 Å². The second kappa shape index (κ2) is 9.95. The number of carbonyl (C=O) groups is 3. The number of rotatable bonds is 7. The number of nitrogens with one attached hydrogen (secondary N) is 1. The Morgan fingerprint density at radius 2 is 1.65 bits per heavy atom. The van der Waals surface area contributed by atoms with E-state index in [1.807, 2.05) is 36.4 Å². The SMILES string of the molecule is C[C@H](NC(=O)c1cc(-c2ccon2)cc2cnc(C(=O)c3ccc4ccccc4c3)n12)c1ccc(C(=O)O)cc1. The zero-order chi connectivity index (χ0) is 27.8. The summed E-state index contributed by atoms with van der Waals surface area (Å²) in [6.07, 6.45) is 2.98. The molecule has 6 aromatic rings. The summed E-state index contributed by atoms with van der Waals surface area (Å²) in [5.74, 6) is -1.71. The van der Waals surface area contributed by atoms with E-state index in [0.717, 1.165) is 16.3 Å². The quantitative estimate of drug-likeness (QED) is 0.259. The van der Waals surface area contributed by atoms with E-state index in [1.165, 1.54) is 22.8 Å². The normalized spacial score (nSPS) is 11.9. The van der Waals surface area contributed by atoms with Gasteiger partial charge < -0.3 is 14.9 Å². The molecule has 40 heavy (non-hydrogen) atoms. The first-order valence-electron chi connectivity index (χ1n) is 12.5. The lowest BCUT2D eigenvalue weighted by atomic mass is 10.0. The Hall–Kier alpha value is -5.57. The Morgan fingerprint density at radius 1 is 0.900 bits per heavy atom. The predicted molar refractivity (Wildman–Crippen MR) is 147 cm³/mol. The van der Waals surface area contributed by atoms with Crippen LogP contribution in [0.25, 0.3) is 27.5 Å². The van der Waals surface area contributed by atoms with Gasteiger partial charge in [0.15, 0.2) is 5.82 Å². The highest BCUT2D eigenvalue weighted by Crippen LogP contribution is 2.25. The standard InChI is InChI=1S/C31H22N4O5/c1-18(19-6-9-21(10-7-19)31(38)39)33-30(37)27-16-24(26-12-13-40-34-26)15-25-17-32-29(35(25)27)28(36)23-11-8-20-4-2-3-5-22(20)14-23/h2-18H,1H3,(H,33,37)(H,38,39)/t18-/m0/s1. The molecule has 0 aliphatic heterocycles. The lowest BCUT2D eigenvalue weighted by molar-refractivity contribution is 0.0696. The zero-order valence-corrected chi connectivity index (χ0v) is 21.2. The molecule has 0 radical (unpaired) electrons. The maximum absolute atomic E-state index is 13.7. The summed E-state index contributed by atoms with van der Waals surface area (Å²) in [5.41, 5.74) is 3.19. The minimum absolute atomic E-state index is 0.0978. The third-order valence-electron chi connectivity index (χ3n) is 6.81. The van der Waals surface area contributed by atoms with Crippen molar-refractivity contribution in [2.24, 2.45) is 0 Å². The average molecular weight is 531 g/mol. The molecule has 0 unspecified atom stereocenters. The van der Waals surface area contributed by atoms with Crippen molar-refractivity contribution in [2.75, 3.05) is 0 Å². The van der Waals surface area contributed by atoms with Crippen molar-refractivity contribution >= 4 is 33.9 Å². The fourth-order valence-corrected chi connectivity index (χ4v) is 4.70. The third-order valence-corrected chi connectivity index (χ3v) is 6.81. The molecule has 1 atom stereocenters. The largest absolute Gasteiger partial charge is 0.478 e. The van der Waals surface area contributed by atoms with Crippen molar-refractivity contribution in [2.45, 2.75) is 13.0 Å². The fourth-order valence-electron chi connectivity index (χ4n) is 4.70. The number of nitrogens with zero attached hydrogens (tertiary/aromatic N) is 3. The van der Waals surface area contributed by atoms with Crippen molar-refractivity contribution < 1.29 is 24.0 Å². The van der Waals surface area contributed by atoms with Crippen molar-refractivity contribution in [3.05, 3.63) is 126 Å². The van der Waals surface area contributed by atoms with Crippen LogP contribution in [-0.4, -0.2) is 37.3 Å². The number of hydrogen-bond acceptors (Lipinski definition) is 6. The molecule has 0 aliphatic carbocycles. The number of benzene rings is 3. The molecule has 9 nitrogen and oxygen atoms in total. The third kappa shape index (κ3) is 4.49. The lowest BCUT2D eigenvalue weighted by Gasteiger charge is -2.16. The zero-order valence-electron chi connectivity index (χ0n) is 21.2. The van der Waals surface area contributed by atoms with Crippen LogP contribution in [0.3, 0.4) is 0 Å². The summed E-state index contributed by atoms with van der Waals surface area (Å²) >= 11 is 0. The number of carboxylic acids is 1. The molecule has 0 aliphatic rings. The summed E-state index contributed by atoms with van der Waals surface area (Å²) < 4.78 is 6.54. The van der Waals surface area contributed by atoms with Crippen LogP contribution in [-0.2, 0) is 0 Å². The number of amides is 1. The number of hydrogen-bond donors (Lipinski definition) is 2. The maximum atomic E-state index is 13.7. The molecule has 0 bridgehead atoms. The number of carbonyl (C=O) groups excluding carboxylic acids is 2. The van der Waals surface area contributed by atoms with Crippen molar-refractivity contribution in [1.82, 2.24) is 19.9 Å². The van der Waals surface area contributed by atoms with Gasteiger partial charge in [0, 0.05) is 17.2 Å². The van der Waals surface area contributed by atoms with Gasteiger partial charge in [0.1, 0.15) is 17.7 Å². The first-order valence-corrected chi connectivity index (χ1v) is 12.5. The van der Waals surface area contributed by atoms with E-state index in [9.17, 15) is 19.5 Å². The highest BCUT2D eigenvalue weighted by molar-refractivity contribution is 6.10. The Kier molecular flexibility index (Phi) is 6.16. The molecule has 6 rings (SSSR count). The predicted octanol–water partition coefficient (Wildman–Crippen LogP) is 5.56. The molecule has 3 heterocycles. The molecule has 0 saturated heterocycles. The van der Waals surface area contributed by atoms with Gasteiger partial charge in [-0.2, -0.15) is 0 Å². The molecule has 0 spiro atoms. The van der Waals surface area contributed by atoms with Crippen LogP contribution < -0.4 is 5.32 Å². The van der Waals surface area contributed by atoms with E-state index >= 15 is 0 Å². The summed E-state index contributed by atoms with van der Waals surface area (Å²) in [6.45, 7) is 1.79. The van der Waals surface area contributed by atoms with Gasteiger partial charge in [-0.1, -0.05) is 53.7 Å². The topological polar surface area (TPSA) is 127 Å². The summed E-state index contributed by atoms with van der Waals surface area (Å²) in [5, 5.41) is 18.1. The highest BCUT2D eigenvalue weighted by atomic mass is 16.5. The number of fused-ring (bicyclic) bond motifs is 2. The van der Waals surface area contributed by atoms with Gasteiger partial charge in [0.05, 0.1) is 23.3 Å². The van der Waals surface area contributed by atoms with E-state index in [-0.39, 0.29) is 22.9 Å². The van der Waals surface area contributed by atoms with Crippen LogP contribution in [0.2, 0.25) is 0 Å². The number of aromatic carboxylic acids is 1. The molecular formula is C31H22N4O5. The minimum Gasteiger partial charge on any atom is -0.478 e. The van der Waals surface area contributed by atoms with Gasteiger partial charge in [-0.25, -0.2) is 9.78 Å². The van der Waals surface area contributed by atoms with Gasteiger partial charge in [0.25, 0.3) is 5.91 Å². The average Bonchev–Trinajstić information content (AvgIpc) is 3.67. The highest BCUT2D eigenvalue weighted by Gasteiger charge is 2.23. The number of carboxylic acid groups (broad SMARTS) is 1. The van der Waals surface area contributed by atoms with Gasteiger partial charge in [-0.15, -0.1) is 0 Å². The van der Waals surface area contributed by atoms with Crippen LogP contribution in [0.15, 0.2) is 102 Å². The Balaban J connectivity index is 1.41. The van der Waals surface area contributed by atoms with Crippen LogP contribution in [0.5, 0.6) is 0 Å². The van der Waals surface area contributed by atoms with Crippen LogP contribution >= 0.6 is 0 Å². The Labute approximate surface area is 227 Å².